The number of carbonyl (C=O) groups excluding carboxylic acids is 3. The number of hydrogen-bond acceptors (Lipinski definition) is 5. The van der Waals surface area contributed by atoms with Crippen molar-refractivity contribution in [3.63, 3.8) is 0 Å². The fourth-order valence-corrected chi connectivity index (χ4v) is 4.83. The molecule has 1 aromatic carbocycles. The maximum absolute atomic E-state index is 12.8. The lowest BCUT2D eigenvalue weighted by atomic mass is 9.81. The van der Waals surface area contributed by atoms with Crippen molar-refractivity contribution >= 4 is 23.5 Å². The molecule has 4 fully saturated rings. The fraction of sp³-hybridized carbons (Fsp3) is 0.471. The summed E-state index contributed by atoms with van der Waals surface area (Å²) in [5, 5.41) is 0. The van der Waals surface area contributed by atoms with Crippen LogP contribution in [0.3, 0.4) is 0 Å². The van der Waals surface area contributed by atoms with Gasteiger partial charge in [-0.1, -0.05) is 6.07 Å². The highest BCUT2D eigenvalue weighted by Gasteiger charge is 2.73. The third-order valence-electron chi connectivity index (χ3n) is 5.61. The molecule has 6 heteroatoms. The van der Waals surface area contributed by atoms with Crippen LogP contribution in [0.4, 0.5) is 5.69 Å². The average molecular weight is 313 g/mol. The molecule has 0 radical (unpaired) electrons. The van der Waals surface area contributed by atoms with Crippen molar-refractivity contribution in [2.24, 2.45) is 23.7 Å². The van der Waals surface area contributed by atoms with Crippen LogP contribution in [0, 0.1) is 23.7 Å². The predicted molar refractivity (Wildman–Crippen MR) is 77.5 cm³/mol. The van der Waals surface area contributed by atoms with Crippen LogP contribution in [0.15, 0.2) is 24.3 Å². The number of epoxide rings is 1. The maximum atomic E-state index is 12.8. The van der Waals surface area contributed by atoms with Crippen LogP contribution in [0.1, 0.15) is 13.3 Å². The molecular weight excluding hydrogens is 298 g/mol. The van der Waals surface area contributed by atoms with Gasteiger partial charge in [0.2, 0.25) is 11.8 Å². The molecule has 0 N–H and O–H groups in total. The van der Waals surface area contributed by atoms with Crippen molar-refractivity contribution in [3.8, 4) is 5.75 Å². The van der Waals surface area contributed by atoms with Gasteiger partial charge in [0, 0.05) is 24.8 Å². The molecule has 2 aliphatic carbocycles. The van der Waals surface area contributed by atoms with Crippen LogP contribution in [0.25, 0.3) is 0 Å². The summed E-state index contributed by atoms with van der Waals surface area (Å²) in [7, 11) is 0. The van der Waals surface area contributed by atoms with Crippen molar-refractivity contribution in [2.45, 2.75) is 25.6 Å². The number of benzene rings is 1. The largest absolute Gasteiger partial charge is 0.427 e. The summed E-state index contributed by atoms with van der Waals surface area (Å²) in [5.41, 5.74) is 0.474. The topological polar surface area (TPSA) is 76.2 Å². The first-order valence-electron chi connectivity index (χ1n) is 7.88. The minimum atomic E-state index is -0.437. The molecule has 23 heavy (non-hydrogen) atoms. The normalized spacial score (nSPS) is 39.4. The van der Waals surface area contributed by atoms with E-state index in [9.17, 15) is 14.4 Å². The quantitative estimate of drug-likeness (QED) is 0.354. The molecule has 2 saturated carbocycles. The summed E-state index contributed by atoms with van der Waals surface area (Å²) in [5.74, 6) is -0.485. The highest BCUT2D eigenvalue weighted by atomic mass is 16.6. The predicted octanol–water partition coefficient (Wildman–Crippen LogP) is 1.13. The van der Waals surface area contributed by atoms with E-state index >= 15 is 0 Å². The molecule has 118 valence electrons. The summed E-state index contributed by atoms with van der Waals surface area (Å²) >= 11 is 0. The number of carbonyl (C=O) groups is 3. The molecule has 2 amide bonds. The van der Waals surface area contributed by atoms with Crippen LogP contribution in [0.5, 0.6) is 5.75 Å². The number of nitrogens with zero attached hydrogens (tertiary/aromatic N) is 1. The number of hydrogen-bond donors (Lipinski definition) is 0. The lowest BCUT2D eigenvalue weighted by Crippen LogP contribution is -2.33. The Bertz CT molecular complexity index is 727. The molecule has 2 bridgehead atoms. The second kappa shape index (κ2) is 4.20. The molecule has 6 atom stereocenters. The van der Waals surface area contributed by atoms with E-state index in [2.05, 4.69) is 0 Å². The number of anilines is 1. The number of imide groups is 1. The van der Waals surface area contributed by atoms with Gasteiger partial charge in [0.05, 0.1) is 29.7 Å². The minimum absolute atomic E-state index is 0.138. The first kappa shape index (κ1) is 13.2. The third kappa shape index (κ3) is 1.64. The number of fused-ring (bicyclic) bond motifs is 8. The van der Waals surface area contributed by atoms with E-state index in [1.165, 1.54) is 11.8 Å². The Morgan fingerprint density at radius 1 is 1.17 bits per heavy atom. The van der Waals surface area contributed by atoms with E-state index in [4.69, 9.17) is 9.47 Å². The lowest BCUT2D eigenvalue weighted by Gasteiger charge is -2.18. The smallest absolute Gasteiger partial charge is 0.308 e. The first-order valence-corrected chi connectivity index (χ1v) is 7.88. The highest BCUT2D eigenvalue weighted by molar-refractivity contribution is 6.22. The van der Waals surface area contributed by atoms with Crippen LogP contribution >= 0.6 is 0 Å². The van der Waals surface area contributed by atoms with Gasteiger partial charge in [-0.05, 0) is 18.6 Å². The third-order valence-corrected chi connectivity index (χ3v) is 5.61. The minimum Gasteiger partial charge on any atom is -0.427 e. The van der Waals surface area contributed by atoms with E-state index in [0.29, 0.717) is 11.4 Å². The zero-order valence-electron chi connectivity index (χ0n) is 12.5. The van der Waals surface area contributed by atoms with Crippen molar-refractivity contribution in [2.75, 3.05) is 4.90 Å². The van der Waals surface area contributed by atoms with Crippen molar-refractivity contribution in [1.82, 2.24) is 0 Å². The SMILES string of the molecule is CC(=O)Oc1cccc(N2C(=O)C3C4CC(C5OC45)C3C2=O)c1. The monoisotopic (exact) mass is 313 g/mol. The van der Waals surface area contributed by atoms with E-state index < -0.39 is 5.97 Å². The van der Waals surface area contributed by atoms with Gasteiger partial charge in [0.15, 0.2) is 0 Å². The zero-order chi connectivity index (χ0) is 15.9. The van der Waals surface area contributed by atoms with E-state index in [0.717, 1.165) is 6.42 Å². The van der Waals surface area contributed by atoms with Gasteiger partial charge < -0.3 is 9.47 Å². The molecule has 1 aromatic rings. The van der Waals surface area contributed by atoms with Gasteiger partial charge in [-0.15, -0.1) is 0 Å². The Labute approximate surface area is 132 Å². The molecular formula is C17H15NO5. The number of amides is 2. The van der Waals surface area contributed by atoms with E-state index in [1.807, 2.05) is 0 Å². The molecule has 0 spiro atoms. The van der Waals surface area contributed by atoms with Crippen molar-refractivity contribution in [3.05, 3.63) is 24.3 Å². The van der Waals surface area contributed by atoms with Crippen LogP contribution in [-0.2, 0) is 19.1 Å². The highest BCUT2D eigenvalue weighted by Crippen LogP contribution is 2.64. The van der Waals surface area contributed by atoms with Gasteiger partial charge in [-0.25, -0.2) is 4.90 Å². The number of rotatable bonds is 2. The maximum Gasteiger partial charge on any atom is 0.308 e. The summed E-state index contributed by atoms with van der Waals surface area (Å²) in [6.07, 6.45) is 1.30. The molecule has 2 heterocycles. The van der Waals surface area contributed by atoms with Crippen LogP contribution in [0.2, 0.25) is 0 Å². The van der Waals surface area contributed by atoms with Crippen molar-refractivity contribution < 1.29 is 23.9 Å². The Morgan fingerprint density at radius 2 is 1.83 bits per heavy atom. The Morgan fingerprint density at radius 3 is 2.43 bits per heavy atom. The average Bonchev–Trinajstić information content (AvgIpc) is 3.01. The second-order valence-electron chi connectivity index (χ2n) is 6.78. The molecule has 2 aliphatic heterocycles. The van der Waals surface area contributed by atoms with E-state index in [-0.39, 0.29) is 47.7 Å². The van der Waals surface area contributed by atoms with Gasteiger partial charge >= 0.3 is 5.97 Å². The number of ether oxygens (including phenoxy) is 2. The molecule has 0 aromatic heterocycles. The molecule has 6 unspecified atom stereocenters. The molecule has 4 aliphatic rings. The van der Waals surface area contributed by atoms with Crippen LogP contribution in [-0.4, -0.2) is 30.0 Å². The Kier molecular flexibility index (Phi) is 2.42. The second-order valence-corrected chi connectivity index (χ2v) is 6.78. The van der Waals surface area contributed by atoms with Crippen LogP contribution < -0.4 is 9.64 Å². The fourth-order valence-electron chi connectivity index (χ4n) is 4.83. The van der Waals surface area contributed by atoms with Gasteiger partial charge in [-0.2, -0.15) is 0 Å². The zero-order valence-corrected chi connectivity index (χ0v) is 12.5. The van der Waals surface area contributed by atoms with Gasteiger partial charge in [0.1, 0.15) is 5.75 Å². The molecule has 5 rings (SSSR count). The molecule has 2 saturated heterocycles. The summed E-state index contributed by atoms with van der Waals surface area (Å²) in [6.45, 7) is 1.31. The van der Waals surface area contributed by atoms with Crippen molar-refractivity contribution in [1.29, 1.82) is 0 Å². The summed E-state index contributed by atoms with van der Waals surface area (Å²) < 4.78 is 10.6. The van der Waals surface area contributed by atoms with E-state index in [1.54, 1.807) is 24.3 Å². The van der Waals surface area contributed by atoms with Gasteiger partial charge in [-0.3, -0.25) is 14.4 Å². The Balaban J connectivity index is 1.49. The summed E-state index contributed by atoms with van der Waals surface area (Å²) in [6, 6.07) is 6.57. The van der Waals surface area contributed by atoms with Gasteiger partial charge in [0.25, 0.3) is 0 Å². The standard InChI is InChI=1S/C17H15NO5/c1-7(19)22-9-4-2-3-8(5-9)18-16(20)12-10-6-11(13(12)17(18)21)15-14(10)23-15/h2-5,10-15H,6H2,1H3. The lowest BCUT2D eigenvalue weighted by molar-refractivity contribution is -0.132. The number of esters is 1. The Hall–Kier alpha value is -2.21. The first-order chi connectivity index (χ1) is 11.1. The summed E-state index contributed by atoms with van der Waals surface area (Å²) in [4.78, 5) is 38.0. The molecule has 6 nitrogen and oxygen atoms in total.